The van der Waals surface area contributed by atoms with E-state index in [1.165, 1.54) is 12.1 Å². The third kappa shape index (κ3) is 5.21. The van der Waals surface area contributed by atoms with E-state index in [0.29, 0.717) is 11.3 Å². The van der Waals surface area contributed by atoms with Gasteiger partial charge in [-0.1, -0.05) is 48.8 Å². The lowest BCUT2D eigenvalue weighted by Crippen LogP contribution is -2.16. The number of nitriles is 1. The highest BCUT2D eigenvalue weighted by atomic mass is 35.5. The fraction of sp³-hybridized carbons (Fsp3) is 0.250. The van der Waals surface area contributed by atoms with Crippen LogP contribution < -0.4 is 0 Å². The van der Waals surface area contributed by atoms with Crippen molar-refractivity contribution in [2.75, 3.05) is 0 Å². The summed E-state index contributed by atoms with van der Waals surface area (Å²) in [4.78, 5) is -0.133. The number of hydrogen-bond donors (Lipinski definition) is 1. The van der Waals surface area contributed by atoms with Crippen LogP contribution in [0.1, 0.15) is 11.3 Å². The van der Waals surface area contributed by atoms with Gasteiger partial charge in [-0.2, -0.15) is 23.5 Å². The van der Waals surface area contributed by atoms with Gasteiger partial charge in [-0.15, -0.1) is 5.54 Å². The minimum Gasteiger partial charge on any atom is -0.275 e. The second kappa shape index (κ2) is 7.57. The number of nitrogens with zero attached hydrogens (tertiary/aromatic N) is 2. The van der Waals surface area contributed by atoms with Crippen molar-refractivity contribution < 1.29 is 13.2 Å². The molecule has 1 N–H and O–H groups in total. The van der Waals surface area contributed by atoms with E-state index >= 15 is 0 Å². The van der Waals surface area contributed by atoms with Gasteiger partial charge in [-0.05, 0) is 23.9 Å². The Morgan fingerprint density at radius 2 is 1.77 bits per heavy atom. The third-order valence-corrected chi connectivity index (χ3v) is 5.11. The summed E-state index contributed by atoms with van der Waals surface area (Å²) in [6.45, 7) is 6.11. The molecular formula is C16H12Cl2F3N3SSi. The van der Waals surface area contributed by atoms with E-state index in [0.717, 1.165) is 0 Å². The summed E-state index contributed by atoms with van der Waals surface area (Å²) in [6, 6.07) is 4.28. The van der Waals surface area contributed by atoms with Crippen LogP contribution in [0, 0.1) is 22.8 Å². The number of H-pyrrole nitrogens is 1. The third-order valence-electron chi connectivity index (χ3n) is 2.93. The average Bonchev–Trinajstić information content (AvgIpc) is 2.84. The molecule has 0 atom stereocenters. The molecule has 0 aliphatic carbocycles. The van der Waals surface area contributed by atoms with Crippen molar-refractivity contribution in [1.82, 2.24) is 10.2 Å². The zero-order chi connectivity index (χ0) is 19.7. The Morgan fingerprint density at radius 3 is 2.23 bits per heavy atom. The summed E-state index contributed by atoms with van der Waals surface area (Å²) in [7, 11) is -1.74. The molecule has 0 aliphatic rings. The zero-order valence-corrected chi connectivity index (χ0v) is 17.2. The van der Waals surface area contributed by atoms with Crippen molar-refractivity contribution in [2.45, 2.75) is 30.0 Å². The van der Waals surface area contributed by atoms with Crippen molar-refractivity contribution in [3.05, 3.63) is 33.4 Å². The first-order valence-corrected chi connectivity index (χ1v) is 12.3. The van der Waals surface area contributed by atoms with Gasteiger partial charge < -0.3 is 0 Å². The highest BCUT2D eigenvalue weighted by molar-refractivity contribution is 8.00. The first kappa shape index (κ1) is 20.7. The topological polar surface area (TPSA) is 52.5 Å². The Kier molecular flexibility index (Phi) is 6.04. The first-order valence-electron chi connectivity index (χ1n) is 7.18. The molecule has 136 valence electrons. The molecule has 0 bridgehead atoms. The normalized spacial score (nSPS) is 11.7. The Morgan fingerprint density at radius 1 is 1.19 bits per heavy atom. The Hall–Kier alpha value is -1.58. The van der Waals surface area contributed by atoms with Crippen molar-refractivity contribution in [1.29, 1.82) is 5.26 Å². The summed E-state index contributed by atoms with van der Waals surface area (Å²) in [5.74, 6) is 2.95. The van der Waals surface area contributed by atoms with Gasteiger partial charge in [0.25, 0.3) is 0 Å². The smallest absolute Gasteiger partial charge is 0.275 e. The predicted octanol–water partition coefficient (Wildman–Crippen LogP) is 6.10. The van der Waals surface area contributed by atoms with Gasteiger partial charge in [0.05, 0.1) is 21.3 Å². The van der Waals surface area contributed by atoms with E-state index in [9.17, 15) is 18.4 Å². The second-order valence-corrected chi connectivity index (χ2v) is 12.9. The molecule has 0 fully saturated rings. The van der Waals surface area contributed by atoms with Crippen LogP contribution in [0.5, 0.6) is 0 Å². The lowest BCUT2D eigenvalue weighted by Gasteiger charge is -2.11. The quantitative estimate of drug-likeness (QED) is 0.353. The van der Waals surface area contributed by atoms with Crippen LogP contribution in [0.25, 0.3) is 11.3 Å². The van der Waals surface area contributed by atoms with Gasteiger partial charge in [0.2, 0.25) is 0 Å². The number of thioether (sulfide) groups is 1. The summed E-state index contributed by atoms with van der Waals surface area (Å²) >= 11 is 12.0. The molecular weight excluding hydrogens is 422 g/mol. The van der Waals surface area contributed by atoms with Gasteiger partial charge in [0, 0.05) is 10.5 Å². The standard InChI is InChI=1S/C16H12Cl2F3N3SSi/c1-26(2,3)5-4-10-13(8-22)23-24-15(10)14-11(17)6-9(7-12(14)18)25-16(19,20)21/h6-7H,1-3H3,(H,23,24). The molecule has 0 amide bonds. The SMILES string of the molecule is C[Si](C)(C)C#Cc1c(C#N)n[nH]c1-c1c(Cl)cc(SC(F)(F)F)cc1Cl. The maximum absolute atomic E-state index is 12.6. The Balaban J connectivity index is 2.61. The van der Waals surface area contributed by atoms with Crippen molar-refractivity contribution in [3.63, 3.8) is 0 Å². The maximum Gasteiger partial charge on any atom is 0.446 e. The van der Waals surface area contributed by atoms with Gasteiger partial charge >= 0.3 is 5.51 Å². The zero-order valence-electron chi connectivity index (χ0n) is 13.8. The monoisotopic (exact) mass is 433 g/mol. The molecule has 10 heteroatoms. The van der Waals surface area contributed by atoms with Crippen molar-refractivity contribution in [3.8, 4) is 28.8 Å². The van der Waals surface area contributed by atoms with Crippen LogP contribution in [-0.2, 0) is 0 Å². The van der Waals surface area contributed by atoms with Crippen LogP contribution in [0.15, 0.2) is 17.0 Å². The van der Waals surface area contributed by atoms with Gasteiger partial charge in [-0.25, -0.2) is 0 Å². The second-order valence-electron chi connectivity index (χ2n) is 6.24. The first-order chi connectivity index (χ1) is 11.9. The van der Waals surface area contributed by atoms with Crippen LogP contribution in [0.3, 0.4) is 0 Å². The molecule has 0 unspecified atom stereocenters. The number of rotatable bonds is 2. The highest BCUT2D eigenvalue weighted by Gasteiger charge is 2.30. The number of benzene rings is 1. The lowest BCUT2D eigenvalue weighted by molar-refractivity contribution is -0.0328. The molecule has 1 heterocycles. The lowest BCUT2D eigenvalue weighted by atomic mass is 10.1. The van der Waals surface area contributed by atoms with E-state index in [1.54, 1.807) is 0 Å². The number of halogens is 5. The Labute approximate surface area is 163 Å². The summed E-state index contributed by atoms with van der Waals surface area (Å²) in [6.07, 6.45) is 0. The molecule has 0 radical (unpaired) electrons. The molecule has 1 aromatic heterocycles. The molecule has 3 nitrogen and oxygen atoms in total. The van der Waals surface area contributed by atoms with Gasteiger partial charge in [-0.3, -0.25) is 5.10 Å². The largest absolute Gasteiger partial charge is 0.446 e. The number of aromatic amines is 1. The van der Waals surface area contributed by atoms with Gasteiger partial charge in [0.1, 0.15) is 14.1 Å². The molecule has 1 aromatic carbocycles. The minimum absolute atomic E-state index is 0.00782. The average molecular weight is 434 g/mol. The number of hydrogen-bond acceptors (Lipinski definition) is 3. The fourth-order valence-corrected chi connectivity index (χ4v) is 3.88. The van der Waals surface area contributed by atoms with Crippen molar-refractivity contribution in [2.24, 2.45) is 0 Å². The van der Waals surface area contributed by atoms with Crippen LogP contribution in [0.2, 0.25) is 29.7 Å². The molecule has 0 saturated heterocycles. The summed E-state index contributed by atoms with van der Waals surface area (Å²) in [5, 5.41) is 15.8. The highest BCUT2D eigenvalue weighted by Crippen LogP contribution is 2.43. The fourth-order valence-electron chi connectivity index (χ4n) is 1.96. The molecule has 0 saturated carbocycles. The van der Waals surface area contributed by atoms with Crippen LogP contribution in [-0.4, -0.2) is 23.8 Å². The molecule has 0 spiro atoms. The van der Waals surface area contributed by atoms with Crippen molar-refractivity contribution >= 4 is 43.0 Å². The molecule has 2 rings (SSSR count). The summed E-state index contributed by atoms with van der Waals surface area (Å²) in [5.41, 5.74) is -0.352. The van der Waals surface area contributed by atoms with Crippen LogP contribution >= 0.6 is 35.0 Å². The van der Waals surface area contributed by atoms with Gasteiger partial charge in [0.15, 0.2) is 5.69 Å². The van der Waals surface area contributed by atoms with E-state index in [1.807, 2.05) is 25.7 Å². The number of alkyl halides is 3. The van der Waals surface area contributed by atoms with E-state index in [-0.39, 0.29) is 38.0 Å². The number of aromatic nitrogens is 2. The maximum atomic E-state index is 12.6. The molecule has 26 heavy (non-hydrogen) atoms. The molecule has 2 aromatic rings. The Bertz CT molecular complexity index is 924. The number of nitrogens with one attached hydrogen (secondary N) is 1. The van der Waals surface area contributed by atoms with E-state index < -0.39 is 13.6 Å². The molecule has 0 aliphatic heterocycles. The minimum atomic E-state index is -4.45. The van der Waals surface area contributed by atoms with E-state index in [2.05, 4.69) is 21.7 Å². The predicted molar refractivity (Wildman–Crippen MR) is 101 cm³/mol. The summed E-state index contributed by atoms with van der Waals surface area (Å²) < 4.78 is 37.7. The van der Waals surface area contributed by atoms with Crippen LogP contribution in [0.4, 0.5) is 13.2 Å². The van der Waals surface area contributed by atoms with E-state index in [4.69, 9.17) is 23.2 Å².